The van der Waals surface area contributed by atoms with Crippen molar-refractivity contribution in [2.75, 3.05) is 19.7 Å². The first kappa shape index (κ1) is 17.0. The predicted molar refractivity (Wildman–Crippen MR) is 100 cm³/mol. The summed E-state index contributed by atoms with van der Waals surface area (Å²) in [6.45, 7) is 5.05. The lowest BCUT2D eigenvalue weighted by molar-refractivity contribution is 0.121. The summed E-state index contributed by atoms with van der Waals surface area (Å²) in [5.74, 6) is 0. The maximum absolute atomic E-state index is 12.0. The number of rotatable bonds is 5. The number of ether oxygens (including phenoxy) is 1. The van der Waals surface area contributed by atoms with E-state index in [4.69, 9.17) is 9.73 Å². The Labute approximate surface area is 148 Å². The first-order chi connectivity index (χ1) is 12.3. The van der Waals surface area contributed by atoms with Gasteiger partial charge >= 0.3 is 6.09 Å². The van der Waals surface area contributed by atoms with Crippen LogP contribution in [0.5, 0.6) is 0 Å². The lowest BCUT2D eigenvalue weighted by atomic mass is 10.0. The molecule has 1 heterocycles. The SMILES string of the molecule is C=CCOC(=O)N1CCC(N=C(c2ccccc2)c2ccccc2)C1. The van der Waals surface area contributed by atoms with Gasteiger partial charge < -0.3 is 9.64 Å². The van der Waals surface area contributed by atoms with Crippen molar-refractivity contribution in [2.45, 2.75) is 12.5 Å². The van der Waals surface area contributed by atoms with Gasteiger partial charge in [-0.05, 0) is 6.42 Å². The van der Waals surface area contributed by atoms with E-state index in [1.807, 2.05) is 36.4 Å². The van der Waals surface area contributed by atoms with Crippen molar-refractivity contribution < 1.29 is 9.53 Å². The van der Waals surface area contributed by atoms with Gasteiger partial charge in [-0.2, -0.15) is 0 Å². The molecule has 3 rings (SSSR count). The summed E-state index contributed by atoms with van der Waals surface area (Å²) in [5, 5.41) is 0. The fourth-order valence-corrected chi connectivity index (χ4v) is 2.92. The second-order valence-corrected chi connectivity index (χ2v) is 5.96. The predicted octanol–water partition coefficient (Wildman–Crippen LogP) is 3.92. The second-order valence-electron chi connectivity index (χ2n) is 5.96. The summed E-state index contributed by atoms with van der Waals surface area (Å²) in [6.07, 6.45) is 2.12. The van der Waals surface area contributed by atoms with Gasteiger partial charge in [0.25, 0.3) is 0 Å². The smallest absolute Gasteiger partial charge is 0.410 e. The van der Waals surface area contributed by atoms with Crippen molar-refractivity contribution in [3.8, 4) is 0 Å². The van der Waals surface area contributed by atoms with E-state index in [2.05, 4.69) is 30.8 Å². The van der Waals surface area contributed by atoms with Crippen LogP contribution in [0.1, 0.15) is 17.5 Å². The Morgan fingerprint density at radius 2 is 1.72 bits per heavy atom. The van der Waals surface area contributed by atoms with Crippen LogP contribution in [-0.4, -0.2) is 42.4 Å². The van der Waals surface area contributed by atoms with Gasteiger partial charge in [-0.1, -0.05) is 73.3 Å². The fraction of sp³-hybridized carbons (Fsp3) is 0.238. The van der Waals surface area contributed by atoms with Crippen molar-refractivity contribution in [1.82, 2.24) is 4.90 Å². The van der Waals surface area contributed by atoms with Gasteiger partial charge in [0.05, 0.1) is 11.8 Å². The number of benzene rings is 2. The lowest BCUT2D eigenvalue weighted by Gasteiger charge is -2.15. The molecule has 0 bridgehead atoms. The molecular weight excluding hydrogens is 312 g/mol. The second kappa shape index (κ2) is 8.29. The van der Waals surface area contributed by atoms with Crippen molar-refractivity contribution in [3.63, 3.8) is 0 Å². The van der Waals surface area contributed by atoms with E-state index < -0.39 is 0 Å². The Bertz CT molecular complexity index is 700. The third kappa shape index (κ3) is 4.35. The fourth-order valence-electron chi connectivity index (χ4n) is 2.92. The number of amides is 1. The normalized spacial score (nSPS) is 16.3. The molecule has 25 heavy (non-hydrogen) atoms. The zero-order chi connectivity index (χ0) is 17.5. The zero-order valence-electron chi connectivity index (χ0n) is 14.2. The molecule has 0 aromatic heterocycles. The van der Waals surface area contributed by atoms with Crippen LogP contribution in [-0.2, 0) is 4.74 Å². The molecule has 4 heteroatoms. The monoisotopic (exact) mass is 334 g/mol. The number of hydrogen-bond acceptors (Lipinski definition) is 3. The highest BCUT2D eigenvalue weighted by Gasteiger charge is 2.27. The van der Waals surface area contributed by atoms with E-state index in [1.165, 1.54) is 0 Å². The van der Waals surface area contributed by atoms with Crippen molar-refractivity contribution >= 4 is 11.8 Å². The minimum atomic E-state index is -0.293. The summed E-state index contributed by atoms with van der Waals surface area (Å²) in [4.78, 5) is 18.7. The van der Waals surface area contributed by atoms with Crippen molar-refractivity contribution in [3.05, 3.63) is 84.4 Å². The summed E-state index contributed by atoms with van der Waals surface area (Å²) < 4.78 is 5.12. The maximum atomic E-state index is 12.0. The maximum Gasteiger partial charge on any atom is 0.410 e. The summed E-state index contributed by atoms with van der Waals surface area (Å²) in [5.41, 5.74) is 3.13. The number of carbonyl (C=O) groups is 1. The molecule has 1 aliphatic rings. The third-order valence-electron chi connectivity index (χ3n) is 4.15. The Morgan fingerprint density at radius 3 is 2.28 bits per heavy atom. The number of nitrogens with zero attached hydrogens (tertiary/aromatic N) is 2. The molecule has 0 N–H and O–H groups in total. The van der Waals surface area contributed by atoms with Crippen molar-refractivity contribution in [1.29, 1.82) is 0 Å². The summed E-state index contributed by atoms with van der Waals surface area (Å²) in [6, 6.07) is 20.4. The topological polar surface area (TPSA) is 41.9 Å². The highest BCUT2D eigenvalue weighted by Crippen LogP contribution is 2.18. The molecular formula is C21H22N2O2. The van der Waals surface area contributed by atoms with Crippen LogP contribution in [0.4, 0.5) is 4.79 Å². The molecule has 1 aliphatic heterocycles. The molecule has 0 spiro atoms. The molecule has 2 aromatic carbocycles. The highest BCUT2D eigenvalue weighted by molar-refractivity contribution is 6.13. The molecule has 0 saturated carbocycles. The van der Waals surface area contributed by atoms with Gasteiger partial charge in [-0.3, -0.25) is 4.99 Å². The van der Waals surface area contributed by atoms with E-state index in [1.54, 1.807) is 11.0 Å². The third-order valence-corrected chi connectivity index (χ3v) is 4.15. The summed E-state index contributed by atoms with van der Waals surface area (Å²) in [7, 11) is 0. The Hall–Kier alpha value is -2.88. The van der Waals surface area contributed by atoms with Crippen LogP contribution in [0.3, 0.4) is 0 Å². The van der Waals surface area contributed by atoms with E-state index in [0.29, 0.717) is 13.1 Å². The number of aliphatic imine (C=N–C) groups is 1. The van der Waals surface area contributed by atoms with Crippen LogP contribution < -0.4 is 0 Å². The first-order valence-electron chi connectivity index (χ1n) is 8.49. The van der Waals surface area contributed by atoms with E-state index >= 15 is 0 Å². The van der Waals surface area contributed by atoms with E-state index in [-0.39, 0.29) is 18.7 Å². The van der Waals surface area contributed by atoms with Gasteiger partial charge in [0.2, 0.25) is 0 Å². The van der Waals surface area contributed by atoms with Crippen molar-refractivity contribution in [2.24, 2.45) is 4.99 Å². The quantitative estimate of drug-likeness (QED) is 0.614. The number of hydrogen-bond donors (Lipinski definition) is 0. The zero-order valence-corrected chi connectivity index (χ0v) is 14.2. The average molecular weight is 334 g/mol. The summed E-state index contributed by atoms with van der Waals surface area (Å²) >= 11 is 0. The van der Waals surface area contributed by atoms with Crippen LogP contribution >= 0.6 is 0 Å². The molecule has 1 fully saturated rings. The molecule has 128 valence electrons. The Kier molecular flexibility index (Phi) is 5.62. The van der Waals surface area contributed by atoms with Gasteiger partial charge in [0, 0.05) is 24.2 Å². The lowest BCUT2D eigenvalue weighted by Crippen LogP contribution is -2.30. The largest absolute Gasteiger partial charge is 0.445 e. The van der Waals surface area contributed by atoms with E-state index in [0.717, 1.165) is 23.3 Å². The van der Waals surface area contributed by atoms with Crippen LogP contribution in [0, 0.1) is 0 Å². The number of likely N-dealkylation sites (tertiary alicyclic amines) is 1. The van der Waals surface area contributed by atoms with Gasteiger partial charge in [0.15, 0.2) is 0 Å². The molecule has 1 saturated heterocycles. The van der Waals surface area contributed by atoms with Crippen LogP contribution in [0.25, 0.3) is 0 Å². The van der Waals surface area contributed by atoms with Gasteiger partial charge in [0.1, 0.15) is 6.61 Å². The molecule has 1 amide bonds. The van der Waals surface area contributed by atoms with Crippen LogP contribution in [0.2, 0.25) is 0 Å². The van der Waals surface area contributed by atoms with Gasteiger partial charge in [-0.25, -0.2) is 4.79 Å². The molecule has 1 unspecified atom stereocenters. The first-order valence-corrected chi connectivity index (χ1v) is 8.49. The Balaban J connectivity index is 1.80. The highest BCUT2D eigenvalue weighted by atomic mass is 16.6. The number of carbonyl (C=O) groups excluding carboxylic acids is 1. The Morgan fingerprint density at radius 1 is 1.12 bits per heavy atom. The minimum Gasteiger partial charge on any atom is -0.445 e. The molecule has 0 aliphatic carbocycles. The minimum absolute atomic E-state index is 0.0756. The van der Waals surface area contributed by atoms with E-state index in [9.17, 15) is 4.79 Å². The molecule has 4 nitrogen and oxygen atoms in total. The standard InChI is InChI=1S/C21H22N2O2/c1-2-15-25-21(24)23-14-13-19(16-23)22-20(17-9-5-3-6-10-17)18-11-7-4-8-12-18/h2-12,19H,1,13-16H2. The average Bonchev–Trinajstić information content (AvgIpc) is 3.14. The van der Waals surface area contributed by atoms with Gasteiger partial charge in [-0.15, -0.1) is 0 Å². The molecule has 2 aromatic rings. The van der Waals surface area contributed by atoms with Crippen LogP contribution in [0.15, 0.2) is 78.3 Å². The molecule has 0 radical (unpaired) electrons. The molecule has 1 atom stereocenters.